The first-order valence-electron chi connectivity index (χ1n) is 4.72. The number of rotatable bonds is 1. The van der Waals surface area contributed by atoms with Gasteiger partial charge in [-0.05, 0) is 18.6 Å². The molecule has 0 saturated carbocycles. The molecular formula is C10H13N3O. The Labute approximate surface area is 82.7 Å². The van der Waals surface area contributed by atoms with Gasteiger partial charge >= 0.3 is 0 Å². The van der Waals surface area contributed by atoms with Gasteiger partial charge in [0.2, 0.25) is 0 Å². The predicted molar refractivity (Wildman–Crippen MR) is 52.7 cm³/mol. The average molecular weight is 191 g/mol. The van der Waals surface area contributed by atoms with Gasteiger partial charge in [-0.1, -0.05) is 0 Å². The van der Waals surface area contributed by atoms with E-state index in [1.165, 1.54) is 0 Å². The van der Waals surface area contributed by atoms with Crippen molar-refractivity contribution in [1.29, 1.82) is 0 Å². The van der Waals surface area contributed by atoms with Gasteiger partial charge in [0.1, 0.15) is 0 Å². The second-order valence-corrected chi connectivity index (χ2v) is 3.54. The molecule has 0 bridgehead atoms. The molecule has 74 valence electrons. The van der Waals surface area contributed by atoms with E-state index in [4.69, 9.17) is 5.73 Å². The maximum atomic E-state index is 11.8. The van der Waals surface area contributed by atoms with Crippen molar-refractivity contribution in [2.24, 2.45) is 5.73 Å². The summed E-state index contributed by atoms with van der Waals surface area (Å²) in [5.74, 6) is 0.0559. The summed E-state index contributed by atoms with van der Waals surface area (Å²) in [6.07, 6.45) is 4.16. The van der Waals surface area contributed by atoms with Crippen LogP contribution in [0.15, 0.2) is 24.5 Å². The van der Waals surface area contributed by atoms with Gasteiger partial charge in [-0.3, -0.25) is 9.78 Å². The summed E-state index contributed by atoms with van der Waals surface area (Å²) in [7, 11) is 0. The Kier molecular flexibility index (Phi) is 2.45. The third-order valence-electron chi connectivity index (χ3n) is 2.44. The Morgan fingerprint density at radius 1 is 1.50 bits per heavy atom. The van der Waals surface area contributed by atoms with E-state index < -0.39 is 0 Å². The van der Waals surface area contributed by atoms with Crippen LogP contribution in [0, 0.1) is 0 Å². The molecule has 1 atom stereocenters. The van der Waals surface area contributed by atoms with Gasteiger partial charge in [0.05, 0.1) is 0 Å². The van der Waals surface area contributed by atoms with Crippen LogP contribution in [0.2, 0.25) is 0 Å². The highest BCUT2D eigenvalue weighted by Gasteiger charge is 2.24. The number of nitrogens with two attached hydrogens (primary N) is 1. The normalized spacial score (nSPS) is 21.2. The number of pyridine rings is 1. The van der Waals surface area contributed by atoms with Gasteiger partial charge in [0, 0.05) is 37.1 Å². The highest BCUT2D eigenvalue weighted by Crippen LogP contribution is 2.11. The lowest BCUT2D eigenvalue weighted by Gasteiger charge is -2.15. The summed E-state index contributed by atoms with van der Waals surface area (Å²) < 4.78 is 0. The van der Waals surface area contributed by atoms with Crippen LogP contribution in [-0.4, -0.2) is 34.9 Å². The fourth-order valence-electron chi connectivity index (χ4n) is 1.65. The topological polar surface area (TPSA) is 59.2 Å². The predicted octanol–water partition coefficient (Wildman–Crippen LogP) is 0.255. The third kappa shape index (κ3) is 1.75. The molecule has 0 spiro atoms. The molecule has 4 nitrogen and oxygen atoms in total. The van der Waals surface area contributed by atoms with Gasteiger partial charge in [-0.15, -0.1) is 0 Å². The van der Waals surface area contributed by atoms with Gasteiger partial charge in [0.15, 0.2) is 0 Å². The Balaban J connectivity index is 2.10. The van der Waals surface area contributed by atoms with E-state index in [-0.39, 0.29) is 11.9 Å². The van der Waals surface area contributed by atoms with E-state index in [1.54, 1.807) is 29.4 Å². The molecule has 14 heavy (non-hydrogen) atoms. The van der Waals surface area contributed by atoms with E-state index >= 15 is 0 Å². The summed E-state index contributed by atoms with van der Waals surface area (Å²) in [5.41, 5.74) is 6.42. The van der Waals surface area contributed by atoms with Crippen LogP contribution in [-0.2, 0) is 0 Å². The van der Waals surface area contributed by atoms with Crippen LogP contribution in [0.4, 0.5) is 0 Å². The zero-order valence-electron chi connectivity index (χ0n) is 7.89. The second-order valence-electron chi connectivity index (χ2n) is 3.54. The van der Waals surface area contributed by atoms with Crippen LogP contribution in [0.3, 0.4) is 0 Å². The third-order valence-corrected chi connectivity index (χ3v) is 2.44. The van der Waals surface area contributed by atoms with E-state index in [9.17, 15) is 4.79 Å². The lowest BCUT2D eigenvalue weighted by atomic mass is 10.2. The SMILES string of the molecule is N[C@H]1CCN(C(=O)c2ccncc2)C1. The molecule has 2 heterocycles. The molecule has 0 radical (unpaired) electrons. The molecule has 1 saturated heterocycles. The van der Waals surface area contributed by atoms with E-state index in [1.807, 2.05) is 0 Å². The number of carbonyl (C=O) groups is 1. The van der Waals surface area contributed by atoms with Crippen molar-refractivity contribution < 1.29 is 4.79 Å². The van der Waals surface area contributed by atoms with E-state index in [0.29, 0.717) is 12.1 Å². The first-order chi connectivity index (χ1) is 6.77. The van der Waals surface area contributed by atoms with Gasteiger partial charge in [-0.2, -0.15) is 0 Å². The number of likely N-dealkylation sites (tertiary alicyclic amines) is 1. The molecule has 1 amide bonds. The molecule has 1 aromatic rings. The molecule has 1 aliphatic heterocycles. The molecule has 0 aliphatic carbocycles. The first kappa shape index (κ1) is 9.15. The Morgan fingerprint density at radius 2 is 2.21 bits per heavy atom. The smallest absolute Gasteiger partial charge is 0.254 e. The second kappa shape index (κ2) is 3.75. The molecule has 2 N–H and O–H groups in total. The summed E-state index contributed by atoms with van der Waals surface area (Å²) in [4.78, 5) is 17.5. The Morgan fingerprint density at radius 3 is 2.79 bits per heavy atom. The quantitative estimate of drug-likeness (QED) is 0.692. The summed E-state index contributed by atoms with van der Waals surface area (Å²) >= 11 is 0. The van der Waals surface area contributed by atoms with Crippen LogP contribution in [0.5, 0.6) is 0 Å². The monoisotopic (exact) mass is 191 g/mol. The molecule has 4 heteroatoms. The van der Waals surface area contributed by atoms with E-state index in [0.717, 1.165) is 13.0 Å². The van der Waals surface area contributed by atoms with Crippen LogP contribution in [0.25, 0.3) is 0 Å². The van der Waals surface area contributed by atoms with Crippen LogP contribution >= 0.6 is 0 Å². The molecule has 1 fully saturated rings. The fourth-order valence-corrected chi connectivity index (χ4v) is 1.65. The van der Waals surface area contributed by atoms with Crippen molar-refractivity contribution in [2.45, 2.75) is 12.5 Å². The number of amides is 1. The van der Waals surface area contributed by atoms with Crippen molar-refractivity contribution >= 4 is 5.91 Å². The van der Waals surface area contributed by atoms with Gasteiger partial charge in [-0.25, -0.2) is 0 Å². The number of hydrogen-bond donors (Lipinski definition) is 1. The average Bonchev–Trinajstić information content (AvgIpc) is 2.65. The van der Waals surface area contributed by atoms with Crippen molar-refractivity contribution in [3.63, 3.8) is 0 Å². The maximum Gasteiger partial charge on any atom is 0.254 e. The van der Waals surface area contributed by atoms with Crippen LogP contribution in [0.1, 0.15) is 16.8 Å². The summed E-state index contributed by atoms with van der Waals surface area (Å²) in [6.45, 7) is 1.43. The number of carbonyl (C=O) groups excluding carboxylic acids is 1. The zero-order valence-corrected chi connectivity index (χ0v) is 7.89. The van der Waals surface area contributed by atoms with Crippen molar-refractivity contribution in [1.82, 2.24) is 9.88 Å². The van der Waals surface area contributed by atoms with Crippen molar-refractivity contribution in [2.75, 3.05) is 13.1 Å². The number of aromatic nitrogens is 1. The minimum atomic E-state index is 0.0559. The fraction of sp³-hybridized carbons (Fsp3) is 0.400. The highest BCUT2D eigenvalue weighted by atomic mass is 16.2. The number of hydrogen-bond acceptors (Lipinski definition) is 3. The van der Waals surface area contributed by atoms with E-state index in [2.05, 4.69) is 4.98 Å². The van der Waals surface area contributed by atoms with Gasteiger partial charge < -0.3 is 10.6 Å². The minimum Gasteiger partial charge on any atom is -0.337 e. The standard InChI is InChI=1S/C10H13N3O/c11-9-3-6-13(7-9)10(14)8-1-4-12-5-2-8/h1-2,4-5,9H,3,6-7,11H2/t9-/m0/s1. The molecule has 0 aromatic carbocycles. The molecule has 0 unspecified atom stereocenters. The molecule has 1 aliphatic rings. The van der Waals surface area contributed by atoms with Gasteiger partial charge in [0.25, 0.3) is 5.91 Å². The minimum absolute atomic E-state index is 0.0559. The maximum absolute atomic E-state index is 11.8. The molecular weight excluding hydrogens is 178 g/mol. The summed E-state index contributed by atoms with van der Waals surface area (Å²) in [5, 5.41) is 0. The Bertz CT molecular complexity index is 325. The van der Waals surface area contributed by atoms with Crippen LogP contribution < -0.4 is 5.73 Å². The van der Waals surface area contributed by atoms with Crippen molar-refractivity contribution in [3.05, 3.63) is 30.1 Å². The molecule has 1 aromatic heterocycles. The zero-order chi connectivity index (χ0) is 9.97. The summed E-state index contributed by atoms with van der Waals surface area (Å²) in [6, 6.07) is 3.60. The lowest BCUT2D eigenvalue weighted by Crippen LogP contribution is -2.31. The largest absolute Gasteiger partial charge is 0.337 e. The molecule has 2 rings (SSSR count). The highest BCUT2D eigenvalue weighted by molar-refractivity contribution is 5.94. The van der Waals surface area contributed by atoms with Crippen molar-refractivity contribution in [3.8, 4) is 0 Å². The first-order valence-corrected chi connectivity index (χ1v) is 4.72. The Hall–Kier alpha value is -1.42. The number of nitrogens with zero attached hydrogens (tertiary/aromatic N) is 2. The lowest BCUT2D eigenvalue weighted by molar-refractivity contribution is 0.0791.